The highest BCUT2D eigenvalue weighted by Crippen LogP contribution is 2.28. The molecule has 1 aromatic carbocycles. The molecule has 0 saturated carbocycles. The third-order valence-electron chi connectivity index (χ3n) is 5.78. The van der Waals surface area contributed by atoms with Crippen LogP contribution in [-0.2, 0) is 7.05 Å². The van der Waals surface area contributed by atoms with Gasteiger partial charge in [0.15, 0.2) is 11.5 Å². The summed E-state index contributed by atoms with van der Waals surface area (Å²) in [5.74, 6) is 0.712. The Labute approximate surface area is 190 Å². The third-order valence-corrected chi connectivity index (χ3v) is 5.78. The van der Waals surface area contributed by atoms with E-state index in [1.165, 1.54) is 5.57 Å². The average Bonchev–Trinajstić information content (AvgIpc) is 3.61. The van der Waals surface area contributed by atoms with Gasteiger partial charge < -0.3 is 15.2 Å². The Kier molecular flexibility index (Phi) is 4.73. The highest BCUT2D eigenvalue weighted by Gasteiger charge is 2.17. The summed E-state index contributed by atoms with van der Waals surface area (Å²) in [6.45, 7) is 1.79. The van der Waals surface area contributed by atoms with E-state index in [0.29, 0.717) is 5.82 Å². The first-order valence-corrected chi connectivity index (χ1v) is 10.9. The first-order valence-electron chi connectivity index (χ1n) is 10.9. The van der Waals surface area contributed by atoms with E-state index >= 15 is 0 Å². The standard InChI is InChI=1S/C24H23N9/c1-31-14-18(12-28-31)22-13-27-24-23(30-21(15-33(22)24)17-3-2-8-25-11-17)29-19-4-6-20(7-5-19)32-10-9-26-16-32/h3-7,9-10,12-16,25H,2,8,11H2,1H3,(H,29,30). The molecule has 5 heterocycles. The number of rotatable bonds is 5. The molecule has 0 unspecified atom stereocenters. The smallest absolute Gasteiger partial charge is 0.180 e. The molecule has 4 aromatic heterocycles. The molecular weight excluding hydrogens is 414 g/mol. The Morgan fingerprint density at radius 3 is 2.73 bits per heavy atom. The minimum absolute atomic E-state index is 0.712. The van der Waals surface area contributed by atoms with Gasteiger partial charge in [0, 0.05) is 55.3 Å². The molecule has 1 aliphatic rings. The monoisotopic (exact) mass is 437 g/mol. The molecule has 0 radical (unpaired) electrons. The van der Waals surface area contributed by atoms with Crippen molar-refractivity contribution in [1.82, 2.24) is 39.0 Å². The second-order valence-corrected chi connectivity index (χ2v) is 8.05. The van der Waals surface area contributed by atoms with Crippen LogP contribution in [0.15, 0.2) is 73.8 Å². The minimum atomic E-state index is 0.712. The molecule has 9 heteroatoms. The molecule has 33 heavy (non-hydrogen) atoms. The minimum Gasteiger partial charge on any atom is -0.337 e. The number of hydrogen-bond acceptors (Lipinski definition) is 6. The molecule has 2 N–H and O–H groups in total. The molecule has 164 valence electrons. The average molecular weight is 438 g/mol. The van der Waals surface area contributed by atoms with Gasteiger partial charge in [-0.15, -0.1) is 0 Å². The van der Waals surface area contributed by atoms with E-state index in [9.17, 15) is 0 Å². The molecule has 5 aromatic rings. The van der Waals surface area contributed by atoms with E-state index in [2.05, 4.69) is 37.4 Å². The zero-order valence-electron chi connectivity index (χ0n) is 18.2. The lowest BCUT2D eigenvalue weighted by Gasteiger charge is -2.16. The first kappa shape index (κ1) is 19.4. The summed E-state index contributed by atoms with van der Waals surface area (Å²) in [5, 5.41) is 11.2. The summed E-state index contributed by atoms with van der Waals surface area (Å²) in [4.78, 5) is 13.8. The molecule has 0 atom stereocenters. The number of aryl methyl sites for hydroxylation is 1. The summed E-state index contributed by atoms with van der Waals surface area (Å²) < 4.78 is 5.86. The zero-order valence-corrected chi connectivity index (χ0v) is 18.2. The van der Waals surface area contributed by atoms with Gasteiger partial charge in [-0.1, -0.05) is 6.08 Å². The van der Waals surface area contributed by atoms with Crippen molar-refractivity contribution in [2.75, 3.05) is 18.4 Å². The van der Waals surface area contributed by atoms with Crippen LogP contribution in [0.5, 0.6) is 0 Å². The van der Waals surface area contributed by atoms with Gasteiger partial charge in [-0.3, -0.25) is 9.08 Å². The van der Waals surface area contributed by atoms with Crippen molar-refractivity contribution in [2.45, 2.75) is 6.42 Å². The van der Waals surface area contributed by atoms with Crippen LogP contribution < -0.4 is 10.6 Å². The molecule has 1 aliphatic heterocycles. The van der Waals surface area contributed by atoms with Crippen LogP contribution >= 0.6 is 0 Å². The number of imidazole rings is 2. The van der Waals surface area contributed by atoms with Gasteiger partial charge in [0.1, 0.15) is 0 Å². The van der Waals surface area contributed by atoms with Gasteiger partial charge in [-0.25, -0.2) is 15.0 Å². The van der Waals surface area contributed by atoms with Gasteiger partial charge in [-0.05, 0) is 42.8 Å². The number of nitrogens with zero attached hydrogens (tertiary/aromatic N) is 7. The van der Waals surface area contributed by atoms with E-state index in [0.717, 1.165) is 53.5 Å². The first-order chi connectivity index (χ1) is 16.2. The quantitative estimate of drug-likeness (QED) is 0.438. The normalized spacial score (nSPS) is 13.9. The third kappa shape index (κ3) is 3.68. The topological polar surface area (TPSA) is 89.9 Å². The van der Waals surface area contributed by atoms with Crippen molar-refractivity contribution in [2.24, 2.45) is 7.05 Å². The summed E-state index contributed by atoms with van der Waals surface area (Å²) in [5.41, 5.74) is 6.84. The van der Waals surface area contributed by atoms with Crippen LogP contribution in [0.25, 0.3) is 28.2 Å². The molecule has 0 bridgehead atoms. The van der Waals surface area contributed by atoms with Crippen LogP contribution in [0.1, 0.15) is 12.1 Å². The van der Waals surface area contributed by atoms with Crippen molar-refractivity contribution in [3.8, 4) is 16.9 Å². The molecular formula is C24H23N9. The van der Waals surface area contributed by atoms with Gasteiger partial charge in [0.05, 0.1) is 30.1 Å². The maximum absolute atomic E-state index is 4.97. The number of nitrogens with one attached hydrogen (secondary N) is 2. The number of benzene rings is 1. The fourth-order valence-electron chi connectivity index (χ4n) is 4.10. The van der Waals surface area contributed by atoms with Gasteiger partial charge in [-0.2, -0.15) is 5.10 Å². The predicted molar refractivity (Wildman–Crippen MR) is 127 cm³/mol. The van der Waals surface area contributed by atoms with Gasteiger partial charge >= 0.3 is 0 Å². The molecule has 0 spiro atoms. The second kappa shape index (κ2) is 8.03. The lowest BCUT2D eigenvalue weighted by molar-refractivity contribution is 0.737. The van der Waals surface area contributed by atoms with E-state index in [4.69, 9.17) is 9.97 Å². The molecule has 0 fully saturated rings. The predicted octanol–water partition coefficient (Wildman–Crippen LogP) is 3.44. The summed E-state index contributed by atoms with van der Waals surface area (Å²) >= 11 is 0. The number of anilines is 2. The number of fused-ring (bicyclic) bond motifs is 1. The molecule has 0 amide bonds. The Balaban J connectivity index is 1.43. The SMILES string of the molecule is Cn1cc(-c2cnc3c(Nc4ccc(-n5ccnc5)cc4)nc(C4=CCCNC4)cn23)cn1. The Hall–Kier alpha value is -4.24. The van der Waals surface area contributed by atoms with E-state index < -0.39 is 0 Å². The molecule has 6 rings (SSSR count). The Morgan fingerprint density at radius 2 is 2.00 bits per heavy atom. The van der Waals surface area contributed by atoms with Crippen molar-refractivity contribution in [3.05, 3.63) is 79.5 Å². The van der Waals surface area contributed by atoms with E-state index in [1.54, 1.807) is 17.2 Å². The van der Waals surface area contributed by atoms with Crippen LogP contribution in [0.3, 0.4) is 0 Å². The van der Waals surface area contributed by atoms with Crippen molar-refractivity contribution in [3.63, 3.8) is 0 Å². The summed E-state index contributed by atoms with van der Waals surface area (Å²) in [6, 6.07) is 8.16. The Bertz CT molecular complexity index is 1440. The van der Waals surface area contributed by atoms with Crippen LogP contribution in [-0.4, -0.2) is 46.8 Å². The maximum Gasteiger partial charge on any atom is 0.180 e. The van der Waals surface area contributed by atoms with Crippen LogP contribution in [0, 0.1) is 0 Å². The summed E-state index contributed by atoms with van der Waals surface area (Å²) in [6.07, 6.45) is 16.5. The largest absolute Gasteiger partial charge is 0.337 e. The van der Waals surface area contributed by atoms with Crippen molar-refractivity contribution < 1.29 is 0 Å². The zero-order chi connectivity index (χ0) is 22.2. The van der Waals surface area contributed by atoms with Gasteiger partial charge in [0.2, 0.25) is 0 Å². The lowest BCUT2D eigenvalue weighted by Crippen LogP contribution is -2.22. The van der Waals surface area contributed by atoms with Crippen LogP contribution in [0.4, 0.5) is 11.5 Å². The molecule has 9 nitrogen and oxygen atoms in total. The van der Waals surface area contributed by atoms with E-state index in [-0.39, 0.29) is 0 Å². The number of hydrogen-bond donors (Lipinski definition) is 2. The lowest BCUT2D eigenvalue weighted by atomic mass is 10.1. The number of aromatic nitrogens is 7. The fourth-order valence-corrected chi connectivity index (χ4v) is 4.10. The summed E-state index contributed by atoms with van der Waals surface area (Å²) in [7, 11) is 1.92. The van der Waals surface area contributed by atoms with Crippen molar-refractivity contribution >= 4 is 22.7 Å². The molecule has 0 aliphatic carbocycles. The second-order valence-electron chi connectivity index (χ2n) is 8.05. The fraction of sp³-hybridized carbons (Fsp3) is 0.167. The Morgan fingerprint density at radius 1 is 1.09 bits per heavy atom. The highest BCUT2D eigenvalue weighted by atomic mass is 15.2. The van der Waals surface area contributed by atoms with Gasteiger partial charge in [0.25, 0.3) is 0 Å². The van der Waals surface area contributed by atoms with E-state index in [1.807, 2.05) is 60.7 Å². The van der Waals surface area contributed by atoms with Crippen molar-refractivity contribution in [1.29, 1.82) is 0 Å². The maximum atomic E-state index is 4.97. The van der Waals surface area contributed by atoms with Crippen LogP contribution in [0.2, 0.25) is 0 Å². The highest BCUT2D eigenvalue weighted by molar-refractivity contribution is 5.77. The molecule has 0 saturated heterocycles.